The van der Waals surface area contributed by atoms with Gasteiger partial charge in [-0.1, -0.05) is 30.2 Å². The van der Waals surface area contributed by atoms with Gasteiger partial charge in [-0.3, -0.25) is 4.79 Å². The number of benzene rings is 1. The molecule has 6 heteroatoms. The molecule has 2 aliphatic rings. The average molecular weight is 375 g/mol. The van der Waals surface area contributed by atoms with Gasteiger partial charge in [0, 0.05) is 47.5 Å². The van der Waals surface area contributed by atoms with Crippen molar-refractivity contribution in [3.8, 4) is 0 Å². The van der Waals surface area contributed by atoms with E-state index in [-0.39, 0.29) is 23.7 Å². The second-order valence-corrected chi connectivity index (χ2v) is 7.93. The molecule has 3 rings (SSSR count). The van der Waals surface area contributed by atoms with Crippen LogP contribution in [-0.2, 0) is 10.2 Å². The Morgan fingerprint density at radius 1 is 1.35 bits per heavy atom. The molecule has 3 nitrogen and oxygen atoms in total. The smallest absolute Gasteiger partial charge is 0.221 e. The van der Waals surface area contributed by atoms with Gasteiger partial charge in [0.25, 0.3) is 0 Å². The Morgan fingerprint density at radius 3 is 2.65 bits per heavy atom. The van der Waals surface area contributed by atoms with Crippen molar-refractivity contribution in [3.05, 3.63) is 34.9 Å². The highest BCUT2D eigenvalue weighted by Gasteiger charge is 2.38. The van der Waals surface area contributed by atoms with E-state index in [0.717, 1.165) is 42.5 Å². The highest BCUT2D eigenvalue weighted by atomic mass is 35.5. The minimum atomic E-state index is 0. The Bertz CT molecular complexity index is 514. The van der Waals surface area contributed by atoms with Crippen LogP contribution in [-0.4, -0.2) is 36.5 Å². The second-order valence-electron chi connectivity index (χ2n) is 6.35. The standard InChI is InChI=1S/C17H23ClN2OS.ClH/c18-14-4-2-13(3-5-14)17(6-1-7-17)12-20-16(21)10-15-11-22-9-8-19-15;/h2-5,15,19H,1,6-12H2,(H,20,21);1H. The highest BCUT2D eigenvalue weighted by Crippen LogP contribution is 2.43. The third-order valence-corrected chi connectivity index (χ3v) is 6.20. The summed E-state index contributed by atoms with van der Waals surface area (Å²) in [6.45, 7) is 1.75. The molecule has 1 unspecified atom stereocenters. The fraction of sp³-hybridized carbons (Fsp3) is 0.588. The molecular weight excluding hydrogens is 351 g/mol. The van der Waals surface area contributed by atoms with Crippen LogP contribution < -0.4 is 10.6 Å². The van der Waals surface area contributed by atoms with Crippen molar-refractivity contribution in [2.45, 2.75) is 37.1 Å². The second kappa shape index (κ2) is 8.61. The lowest BCUT2D eigenvalue weighted by Crippen LogP contribution is -2.47. The lowest BCUT2D eigenvalue weighted by molar-refractivity contribution is -0.121. The molecule has 1 aromatic carbocycles. The molecule has 1 saturated carbocycles. The van der Waals surface area contributed by atoms with E-state index in [9.17, 15) is 4.79 Å². The third-order valence-electron chi connectivity index (χ3n) is 4.82. The summed E-state index contributed by atoms with van der Waals surface area (Å²) in [5.41, 5.74) is 1.42. The number of halogens is 2. The quantitative estimate of drug-likeness (QED) is 0.829. The van der Waals surface area contributed by atoms with Gasteiger partial charge in [0.05, 0.1) is 0 Å². The predicted octanol–water partition coefficient (Wildman–Crippen LogP) is 3.39. The van der Waals surface area contributed by atoms with Gasteiger partial charge >= 0.3 is 0 Å². The van der Waals surface area contributed by atoms with Gasteiger partial charge in [-0.25, -0.2) is 0 Å². The number of hydrogen-bond donors (Lipinski definition) is 2. The first-order chi connectivity index (χ1) is 10.7. The van der Waals surface area contributed by atoms with Crippen LogP contribution in [0.3, 0.4) is 0 Å². The summed E-state index contributed by atoms with van der Waals surface area (Å²) in [6, 6.07) is 8.43. The van der Waals surface area contributed by atoms with Crippen molar-refractivity contribution in [2.24, 2.45) is 0 Å². The molecule has 0 radical (unpaired) electrons. The molecule has 0 bridgehead atoms. The van der Waals surface area contributed by atoms with Gasteiger partial charge < -0.3 is 10.6 Å². The van der Waals surface area contributed by atoms with E-state index in [0.29, 0.717) is 12.5 Å². The zero-order valence-corrected chi connectivity index (χ0v) is 15.5. The SMILES string of the molecule is Cl.O=C(CC1CSCCN1)NCC1(c2ccc(Cl)cc2)CCC1. The Morgan fingerprint density at radius 2 is 2.09 bits per heavy atom. The molecule has 23 heavy (non-hydrogen) atoms. The van der Waals surface area contributed by atoms with Crippen molar-refractivity contribution < 1.29 is 4.79 Å². The van der Waals surface area contributed by atoms with Crippen molar-refractivity contribution in [1.29, 1.82) is 0 Å². The van der Waals surface area contributed by atoms with Crippen LogP contribution in [0.25, 0.3) is 0 Å². The van der Waals surface area contributed by atoms with Crippen LogP contribution in [0.5, 0.6) is 0 Å². The normalized spacial score (nSPS) is 22.6. The topological polar surface area (TPSA) is 41.1 Å². The van der Waals surface area contributed by atoms with Crippen molar-refractivity contribution >= 4 is 41.7 Å². The van der Waals surface area contributed by atoms with Crippen molar-refractivity contribution in [1.82, 2.24) is 10.6 Å². The van der Waals surface area contributed by atoms with E-state index in [1.807, 2.05) is 23.9 Å². The molecule has 1 amide bonds. The number of thioether (sulfide) groups is 1. The summed E-state index contributed by atoms with van der Waals surface area (Å²) < 4.78 is 0. The van der Waals surface area contributed by atoms with Gasteiger partial charge in [-0.15, -0.1) is 12.4 Å². The summed E-state index contributed by atoms with van der Waals surface area (Å²) in [5.74, 6) is 2.35. The summed E-state index contributed by atoms with van der Waals surface area (Å²) in [5, 5.41) is 7.35. The van der Waals surface area contributed by atoms with Crippen molar-refractivity contribution in [2.75, 3.05) is 24.6 Å². The average Bonchev–Trinajstić information content (AvgIpc) is 2.49. The molecule has 1 aliphatic carbocycles. The predicted molar refractivity (Wildman–Crippen MR) is 101 cm³/mol. The van der Waals surface area contributed by atoms with Gasteiger partial charge in [-0.05, 0) is 30.5 Å². The van der Waals surface area contributed by atoms with Crippen LogP contribution in [0.15, 0.2) is 24.3 Å². The number of carbonyl (C=O) groups is 1. The Balaban J connectivity index is 0.00000192. The van der Waals surface area contributed by atoms with Crippen molar-refractivity contribution in [3.63, 3.8) is 0 Å². The molecule has 0 spiro atoms. The van der Waals surface area contributed by atoms with E-state index in [4.69, 9.17) is 11.6 Å². The zero-order chi connectivity index (χ0) is 15.4. The summed E-state index contributed by atoms with van der Waals surface area (Å²) in [6.07, 6.45) is 4.11. The van der Waals surface area contributed by atoms with Gasteiger partial charge in [-0.2, -0.15) is 11.8 Å². The molecule has 2 fully saturated rings. The van der Waals surface area contributed by atoms with E-state index >= 15 is 0 Å². The molecule has 128 valence electrons. The summed E-state index contributed by atoms with van der Waals surface area (Å²) in [7, 11) is 0. The Kier molecular flexibility index (Phi) is 7.08. The number of hydrogen-bond acceptors (Lipinski definition) is 3. The van der Waals surface area contributed by atoms with E-state index < -0.39 is 0 Å². The largest absolute Gasteiger partial charge is 0.355 e. The third kappa shape index (κ3) is 4.79. The first kappa shape index (κ1) is 18.9. The number of amides is 1. The minimum Gasteiger partial charge on any atom is -0.355 e. The molecule has 1 atom stereocenters. The number of carbonyl (C=O) groups excluding carboxylic acids is 1. The number of nitrogens with one attached hydrogen (secondary N) is 2. The van der Waals surface area contributed by atoms with Gasteiger partial charge in [0.15, 0.2) is 0 Å². The summed E-state index contributed by atoms with van der Waals surface area (Å²) in [4.78, 5) is 12.2. The van der Waals surface area contributed by atoms with Crippen LogP contribution in [0.2, 0.25) is 5.02 Å². The maximum Gasteiger partial charge on any atom is 0.221 e. The molecule has 1 aliphatic heterocycles. The lowest BCUT2D eigenvalue weighted by atomic mass is 9.64. The van der Waals surface area contributed by atoms with Gasteiger partial charge in [0.1, 0.15) is 0 Å². The minimum absolute atomic E-state index is 0. The van der Waals surface area contributed by atoms with Gasteiger partial charge in [0.2, 0.25) is 5.91 Å². The molecular formula is C17H24Cl2N2OS. The monoisotopic (exact) mass is 374 g/mol. The van der Waals surface area contributed by atoms with E-state index in [1.54, 1.807) is 0 Å². The molecule has 0 aromatic heterocycles. The first-order valence-corrected chi connectivity index (χ1v) is 9.55. The molecule has 2 N–H and O–H groups in total. The number of rotatable bonds is 5. The maximum atomic E-state index is 12.2. The fourth-order valence-electron chi connectivity index (χ4n) is 3.29. The van der Waals surface area contributed by atoms with E-state index in [2.05, 4.69) is 22.8 Å². The first-order valence-electron chi connectivity index (χ1n) is 8.02. The lowest BCUT2D eigenvalue weighted by Gasteiger charge is -2.42. The van der Waals surface area contributed by atoms with Crippen LogP contribution in [0.1, 0.15) is 31.2 Å². The van der Waals surface area contributed by atoms with Crippen LogP contribution >= 0.6 is 35.8 Å². The summed E-state index contributed by atoms with van der Waals surface area (Å²) >= 11 is 7.91. The maximum absolute atomic E-state index is 12.2. The zero-order valence-electron chi connectivity index (χ0n) is 13.1. The fourth-order valence-corrected chi connectivity index (χ4v) is 4.36. The highest BCUT2D eigenvalue weighted by molar-refractivity contribution is 7.99. The van der Waals surface area contributed by atoms with Crippen LogP contribution in [0.4, 0.5) is 0 Å². The molecule has 1 aromatic rings. The molecule has 1 heterocycles. The van der Waals surface area contributed by atoms with Crippen LogP contribution in [0, 0.1) is 0 Å². The Labute approximate surface area is 153 Å². The molecule has 1 saturated heterocycles. The Hall–Kier alpha value is -0.420. The van der Waals surface area contributed by atoms with E-state index in [1.165, 1.54) is 12.0 Å².